The van der Waals surface area contributed by atoms with Gasteiger partial charge in [-0.2, -0.15) is 0 Å². The molecule has 2 N–H and O–H groups in total. The second-order valence-electron chi connectivity index (χ2n) is 4.56. The van der Waals surface area contributed by atoms with Gasteiger partial charge in [-0.3, -0.25) is 0 Å². The van der Waals surface area contributed by atoms with Crippen LogP contribution in [0.3, 0.4) is 0 Å². The van der Waals surface area contributed by atoms with E-state index in [2.05, 4.69) is 15.9 Å². The first-order valence-corrected chi connectivity index (χ1v) is 8.17. The number of fused-ring (bicyclic) bond motifs is 1. The first-order chi connectivity index (χ1) is 10.1. The molecule has 0 bridgehead atoms. The zero-order valence-electron chi connectivity index (χ0n) is 11.1. The maximum atomic E-state index is 13.0. The molecule has 0 saturated carbocycles. The molecule has 0 atom stereocenters. The second-order valence-corrected chi connectivity index (χ2v) is 6.43. The van der Waals surface area contributed by atoms with Crippen LogP contribution in [0.25, 0.3) is 0 Å². The van der Waals surface area contributed by atoms with E-state index in [-0.39, 0.29) is 5.82 Å². The lowest BCUT2D eigenvalue weighted by Gasteiger charge is -2.20. The van der Waals surface area contributed by atoms with Crippen molar-refractivity contribution in [2.45, 2.75) is 10.6 Å². The fraction of sp³-hybridized carbons (Fsp3) is 0.200. The molecule has 0 fully saturated rings. The number of nitrogens with two attached hydrogens (primary N) is 1. The van der Waals surface area contributed by atoms with Gasteiger partial charge in [-0.05, 0) is 35.9 Å². The Morgan fingerprint density at radius 3 is 2.57 bits per heavy atom. The van der Waals surface area contributed by atoms with Gasteiger partial charge < -0.3 is 15.2 Å². The molecule has 1 aliphatic heterocycles. The van der Waals surface area contributed by atoms with E-state index >= 15 is 0 Å². The van der Waals surface area contributed by atoms with E-state index in [1.54, 1.807) is 17.8 Å². The van der Waals surface area contributed by atoms with Gasteiger partial charge in [0.15, 0.2) is 11.5 Å². The highest BCUT2D eigenvalue weighted by molar-refractivity contribution is 9.10. The Morgan fingerprint density at radius 1 is 1.14 bits per heavy atom. The lowest BCUT2D eigenvalue weighted by atomic mass is 10.2. The number of rotatable bonds is 3. The van der Waals surface area contributed by atoms with Gasteiger partial charge in [0.2, 0.25) is 0 Å². The molecular formula is C15H13BrFNO2S. The minimum Gasteiger partial charge on any atom is -0.486 e. The van der Waals surface area contributed by atoms with Gasteiger partial charge in [0.1, 0.15) is 19.0 Å². The smallest absolute Gasteiger partial charge is 0.162 e. The van der Waals surface area contributed by atoms with Crippen LogP contribution in [0.15, 0.2) is 39.7 Å². The van der Waals surface area contributed by atoms with Crippen LogP contribution < -0.4 is 15.2 Å². The lowest BCUT2D eigenvalue weighted by molar-refractivity contribution is 0.171. The van der Waals surface area contributed by atoms with Gasteiger partial charge in [0.25, 0.3) is 0 Å². The molecule has 0 radical (unpaired) electrons. The minimum atomic E-state index is -0.322. The van der Waals surface area contributed by atoms with Crippen LogP contribution in [0.2, 0.25) is 0 Å². The third-order valence-corrected chi connectivity index (χ3v) is 4.94. The highest BCUT2D eigenvalue weighted by Gasteiger charge is 2.15. The summed E-state index contributed by atoms with van der Waals surface area (Å²) in [6, 6.07) is 8.32. The Kier molecular flexibility index (Phi) is 4.26. The standard InChI is InChI=1S/C15H13BrFNO2S/c16-11-7-14-13(19-3-4-20-14)5-9(11)8-21-15-2-1-10(17)6-12(15)18/h1-2,5-7H,3-4,8,18H2. The zero-order valence-corrected chi connectivity index (χ0v) is 13.5. The molecule has 1 heterocycles. The van der Waals surface area contributed by atoms with E-state index in [0.717, 1.165) is 26.4 Å². The van der Waals surface area contributed by atoms with Crippen LogP contribution in [0.5, 0.6) is 11.5 Å². The molecule has 0 aromatic heterocycles. The van der Waals surface area contributed by atoms with E-state index in [1.165, 1.54) is 12.1 Å². The molecule has 3 nitrogen and oxygen atoms in total. The number of hydrogen-bond acceptors (Lipinski definition) is 4. The molecule has 3 rings (SSSR count). The Bertz CT molecular complexity index is 681. The van der Waals surface area contributed by atoms with E-state index in [0.29, 0.717) is 24.7 Å². The monoisotopic (exact) mass is 369 g/mol. The number of ether oxygens (including phenoxy) is 2. The Morgan fingerprint density at radius 2 is 1.86 bits per heavy atom. The summed E-state index contributed by atoms with van der Waals surface area (Å²) in [5.74, 6) is 1.89. The van der Waals surface area contributed by atoms with Crippen molar-refractivity contribution < 1.29 is 13.9 Å². The van der Waals surface area contributed by atoms with E-state index in [9.17, 15) is 4.39 Å². The summed E-state index contributed by atoms with van der Waals surface area (Å²) in [5.41, 5.74) is 7.35. The van der Waals surface area contributed by atoms with Crippen LogP contribution in [-0.4, -0.2) is 13.2 Å². The zero-order chi connectivity index (χ0) is 14.8. The molecule has 6 heteroatoms. The molecular weight excluding hydrogens is 357 g/mol. The predicted octanol–water partition coefficient (Wildman–Crippen LogP) is 4.23. The van der Waals surface area contributed by atoms with Gasteiger partial charge in [0.05, 0.1) is 0 Å². The van der Waals surface area contributed by atoms with Gasteiger partial charge >= 0.3 is 0 Å². The average molecular weight is 370 g/mol. The maximum Gasteiger partial charge on any atom is 0.162 e. The quantitative estimate of drug-likeness (QED) is 0.649. The number of halogens is 2. The molecule has 0 aliphatic carbocycles. The number of hydrogen-bond donors (Lipinski definition) is 1. The van der Waals surface area contributed by atoms with Crippen molar-refractivity contribution in [2.24, 2.45) is 0 Å². The molecule has 2 aromatic rings. The topological polar surface area (TPSA) is 44.5 Å². The van der Waals surface area contributed by atoms with Gasteiger partial charge in [-0.25, -0.2) is 4.39 Å². The number of nitrogen functional groups attached to an aromatic ring is 1. The van der Waals surface area contributed by atoms with Crippen LogP contribution in [0.4, 0.5) is 10.1 Å². The SMILES string of the molecule is Nc1cc(F)ccc1SCc1cc2c(cc1Br)OCCO2. The van der Waals surface area contributed by atoms with Crippen molar-refractivity contribution in [3.8, 4) is 11.5 Å². The van der Waals surface area contributed by atoms with Crippen molar-refractivity contribution >= 4 is 33.4 Å². The van der Waals surface area contributed by atoms with Crippen molar-refractivity contribution in [1.29, 1.82) is 0 Å². The highest BCUT2D eigenvalue weighted by atomic mass is 79.9. The summed E-state index contributed by atoms with van der Waals surface area (Å²) in [6.07, 6.45) is 0. The molecule has 0 amide bonds. The molecule has 0 spiro atoms. The van der Waals surface area contributed by atoms with Crippen molar-refractivity contribution in [3.05, 3.63) is 46.2 Å². The fourth-order valence-corrected chi connectivity index (χ4v) is 3.61. The fourth-order valence-electron chi connectivity index (χ4n) is 2.02. The van der Waals surface area contributed by atoms with Gasteiger partial charge in [0, 0.05) is 20.8 Å². The lowest BCUT2D eigenvalue weighted by Crippen LogP contribution is -2.15. The van der Waals surface area contributed by atoms with E-state index in [1.807, 2.05) is 12.1 Å². The Labute approximate surface area is 134 Å². The minimum absolute atomic E-state index is 0.322. The Hall–Kier alpha value is -1.40. The summed E-state index contributed by atoms with van der Waals surface area (Å²) >= 11 is 5.09. The Balaban J connectivity index is 1.78. The summed E-state index contributed by atoms with van der Waals surface area (Å²) < 4.78 is 25.1. The average Bonchev–Trinajstić information content (AvgIpc) is 2.46. The molecule has 21 heavy (non-hydrogen) atoms. The molecule has 110 valence electrons. The third kappa shape index (κ3) is 3.27. The van der Waals surface area contributed by atoms with E-state index in [4.69, 9.17) is 15.2 Å². The summed E-state index contributed by atoms with van der Waals surface area (Å²) in [4.78, 5) is 0.859. The largest absolute Gasteiger partial charge is 0.486 e. The third-order valence-electron chi connectivity index (χ3n) is 3.07. The number of benzene rings is 2. The molecule has 2 aromatic carbocycles. The van der Waals surface area contributed by atoms with Crippen molar-refractivity contribution in [2.75, 3.05) is 18.9 Å². The van der Waals surface area contributed by atoms with Gasteiger partial charge in [-0.1, -0.05) is 15.9 Å². The summed E-state index contributed by atoms with van der Waals surface area (Å²) in [6.45, 7) is 1.13. The van der Waals surface area contributed by atoms with Gasteiger partial charge in [-0.15, -0.1) is 11.8 Å². The van der Waals surface area contributed by atoms with Crippen LogP contribution in [-0.2, 0) is 5.75 Å². The summed E-state index contributed by atoms with van der Waals surface area (Å²) in [7, 11) is 0. The number of thioether (sulfide) groups is 1. The first kappa shape index (κ1) is 14.5. The molecule has 1 aliphatic rings. The van der Waals surface area contributed by atoms with Crippen molar-refractivity contribution in [1.82, 2.24) is 0 Å². The van der Waals surface area contributed by atoms with Crippen LogP contribution in [0, 0.1) is 5.82 Å². The predicted molar refractivity (Wildman–Crippen MR) is 85.5 cm³/mol. The van der Waals surface area contributed by atoms with Crippen LogP contribution >= 0.6 is 27.7 Å². The summed E-state index contributed by atoms with van der Waals surface area (Å²) in [5, 5.41) is 0. The van der Waals surface area contributed by atoms with E-state index < -0.39 is 0 Å². The second kappa shape index (κ2) is 6.15. The molecule has 0 saturated heterocycles. The maximum absolute atomic E-state index is 13.0. The van der Waals surface area contributed by atoms with Crippen LogP contribution in [0.1, 0.15) is 5.56 Å². The van der Waals surface area contributed by atoms with Crippen molar-refractivity contribution in [3.63, 3.8) is 0 Å². The molecule has 0 unspecified atom stereocenters. The normalized spacial score (nSPS) is 13.2. The first-order valence-electron chi connectivity index (χ1n) is 6.39. The number of anilines is 1. The highest BCUT2D eigenvalue weighted by Crippen LogP contribution is 2.38.